The molecule has 20 heavy (non-hydrogen) atoms. The van der Waals surface area contributed by atoms with Gasteiger partial charge in [-0.15, -0.1) is 0 Å². The number of imidazole rings is 1. The van der Waals surface area contributed by atoms with E-state index < -0.39 is 0 Å². The minimum Gasteiger partial charge on any atom is -0.369 e. The predicted octanol–water partition coefficient (Wildman–Crippen LogP) is 2.40. The van der Waals surface area contributed by atoms with Crippen LogP contribution in [0.25, 0.3) is 5.65 Å². The van der Waals surface area contributed by atoms with Crippen molar-refractivity contribution in [2.75, 3.05) is 31.1 Å². The Labute approximate surface area is 119 Å². The monoisotopic (exact) mass is 270 g/mol. The minimum absolute atomic E-state index is 0.692. The average Bonchev–Trinajstić information content (AvgIpc) is 3.16. The fourth-order valence-electron chi connectivity index (χ4n) is 3.53. The Hall–Kier alpha value is -1.55. The van der Waals surface area contributed by atoms with Gasteiger partial charge in [-0.1, -0.05) is 12.8 Å². The zero-order valence-electron chi connectivity index (χ0n) is 11.9. The molecule has 2 aliphatic rings. The SMILES string of the molecule is c1cn2cc(C3CCCC3)nc2cc1N1CCNCC1. The summed E-state index contributed by atoms with van der Waals surface area (Å²) in [5.41, 5.74) is 3.70. The molecule has 0 radical (unpaired) electrons. The maximum Gasteiger partial charge on any atom is 0.139 e. The summed E-state index contributed by atoms with van der Waals surface area (Å²) in [6, 6.07) is 4.46. The Bertz CT molecular complexity index is 592. The number of hydrogen-bond donors (Lipinski definition) is 1. The third kappa shape index (κ3) is 2.18. The molecule has 3 heterocycles. The molecule has 1 aliphatic carbocycles. The lowest BCUT2D eigenvalue weighted by molar-refractivity contribution is 0.589. The predicted molar refractivity (Wildman–Crippen MR) is 81.5 cm³/mol. The number of piperazine rings is 1. The van der Waals surface area contributed by atoms with E-state index in [1.165, 1.54) is 37.1 Å². The Morgan fingerprint density at radius 1 is 1.15 bits per heavy atom. The second-order valence-corrected chi connectivity index (χ2v) is 6.03. The van der Waals surface area contributed by atoms with Crippen molar-refractivity contribution >= 4 is 11.3 Å². The molecule has 0 atom stereocenters. The normalized spacial score (nSPS) is 20.9. The number of hydrogen-bond acceptors (Lipinski definition) is 3. The van der Waals surface area contributed by atoms with E-state index in [4.69, 9.17) is 4.98 Å². The molecule has 2 aromatic heterocycles. The summed E-state index contributed by atoms with van der Waals surface area (Å²) in [7, 11) is 0. The second kappa shape index (κ2) is 5.09. The van der Waals surface area contributed by atoms with Crippen molar-refractivity contribution in [2.24, 2.45) is 0 Å². The van der Waals surface area contributed by atoms with Crippen molar-refractivity contribution in [3.05, 3.63) is 30.2 Å². The van der Waals surface area contributed by atoms with Crippen LogP contribution in [0.1, 0.15) is 37.3 Å². The van der Waals surface area contributed by atoms with Crippen LogP contribution in [0, 0.1) is 0 Å². The molecule has 4 heteroatoms. The average molecular weight is 270 g/mol. The van der Waals surface area contributed by atoms with Gasteiger partial charge in [-0.25, -0.2) is 4.98 Å². The molecule has 0 bridgehead atoms. The molecule has 0 spiro atoms. The zero-order valence-corrected chi connectivity index (χ0v) is 11.9. The van der Waals surface area contributed by atoms with Crippen LogP contribution in [0.4, 0.5) is 5.69 Å². The second-order valence-electron chi connectivity index (χ2n) is 6.03. The molecule has 2 aromatic rings. The fraction of sp³-hybridized carbons (Fsp3) is 0.562. The molecule has 106 valence electrons. The largest absolute Gasteiger partial charge is 0.369 e. The highest BCUT2D eigenvalue weighted by Gasteiger charge is 2.20. The number of rotatable bonds is 2. The molecule has 2 fully saturated rings. The molecule has 4 rings (SSSR count). The van der Waals surface area contributed by atoms with Gasteiger partial charge in [-0.05, 0) is 18.9 Å². The standard InChI is InChI=1S/C16H22N4/c1-2-4-13(3-1)15-12-20-8-5-14(11-16(20)18-15)19-9-6-17-7-10-19/h5,8,11-13,17H,1-4,6-7,9-10H2. The lowest BCUT2D eigenvalue weighted by Gasteiger charge is -2.29. The van der Waals surface area contributed by atoms with Gasteiger partial charge in [0.05, 0.1) is 5.69 Å². The van der Waals surface area contributed by atoms with E-state index in [-0.39, 0.29) is 0 Å². The number of pyridine rings is 1. The molecule has 1 aliphatic heterocycles. The first-order valence-corrected chi connectivity index (χ1v) is 7.84. The van der Waals surface area contributed by atoms with Crippen LogP contribution >= 0.6 is 0 Å². The lowest BCUT2D eigenvalue weighted by Crippen LogP contribution is -2.43. The summed E-state index contributed by atoms with van der Waals surface area (Å²) in [5, 5.41) is 3.40. The van der Waals surface area contributed by atoms with Crippen molar-refractivity contribution in [3.63, 3.8) is 0 Å². The number of anilines is 1. The van der Waals surface area contributed by atoms with Crippen LogP contribution in [0.15, 0.2) is 24.5 Å². The van der Waals surface area contributed by atoms with Crippen molar-refractivity contribution in [1.82, 2.24) is 14.7 Å². The summed E-state index contributed by atoms with van der Waals surface area (Å²) < 4.78 is 2.18. The Morgan fingerprint density at radius 2 is 1.95 bits per heavy atom. The smallest absolute Gasteiger partial charge is 0.139 e. The molecule has 0 unspecified atom stereocenters. The summed E-state index contributed by atoms with van der Waals surface area (Å²) in [6.07, 6.45) is 9.75. The van der Waals surface area contributed by atoms with Gasteiger partial charge >= 0.3 is 0 Å². The molecule has 1 N–H and O–H groups in total. The summed E-state index contributed by atoms with van der Waals surface area (Å²) >= 11 is 0. The Morgan fingerprint density at radius 3 is 2.75 bits per heavy atom. The van der Waals surface area contributed by atoms with E-state index >= 15 is 0 Å². The highest BCUT2D eigenvalue weighted by molar-refractivity contribution is 5.57. The topological polar surface area (TPSA) is 32.6 Å². The van der Waals surface area contributed by atoms with Crippen LogP contribution in [-0.2, 0) is 0 Å². The minimum atomic E-state index is 0.692. The van der Waals surface area contributed by atoms with Crippen LogP contribution in [-0.4, -0.2) is 35.6 Å². The third-order valence-corrected chi connectivity index (χ3v) is 4.72. The molecule has 1 saturated heterocycles. The summed E-state index contributed by atoms with van der Waals surface area (Å²) in [4.78, 5) is 7.32. The Balaban J connectivity index is 1.64. The first kappa shape index (κ1) is 12.2. The maximum atomic E-state index is 4.87. The summed E-state index contributed by atoms with van der Waals surface area (Å²) in [5.74, 6) is 0.692. The molecule has 0 amide bonds. The van der Waals surface area contributed by atoms with Gasteiger partial charge in [-0.2, -0.15) is 0 Å². The number of aromatic nitrogens is 2. The first-order chi connectivity index (χ1) is 9.90. The maximum absolute atomic E-state index is 4.87. The molecule has 1 saturated carbocycles. The highest BCUT2D eigenvalue weighted by Crippen LogP contribution is 2.33. The van der Waals surface area contributed by atoms with Crippen LogP contribution < -0.4 is 10.2 Å². The third-order valence-electron chi connectivity index (χ3n) is 4.72. The van der Waals surface area contributed by atoms with Crippen molar-refractivity contribution in [3.8, 4) is 0 Å². The fourth-order valence-corrected chi connectivity index (χ4v) is 3.53. The lowest BCUT2D eigenvalue weighted by atomic mass is 10.1. The summed E-state index contributed by atoms with van der Waals surface area (Å²) in [6.45, 7) is 4.33. The van der Waals surface area contributed by atoms with Crippen LogP contribution in [0.3, 0.4) is 0 Å². The quantitative estimate of drug-likeness (QED) is 0.909. The van der Waals surface area contributed by atoms with Gasteiger partial charge in [0.15, 0.2) is 0 Å². The van der Waals surface area contributed by atoms with E-state index in [0.29, 0.717) is 5.92 Å². The van der Waals surface area contributed by atoms with E-state index in [2.05, 4.69) is 39.1 Å². The zero-order chi connectivity index (χ0) is 13.4. The molecular weight excluding hydrogens is 248 g/mol. The molecule has 4 nitrogen and oxygen atoms in total. The number of fused-ring (bicyclic) bond motifs is 1. The molecular formula is C16H22N4. The van der Waals surface area contributed by atoms with Gasteiger partial charge in [-0.3, -0.25) is 0 Å². The van der Waals surface area contributed by atoms with Gasteiger partial charge in [0, 0.05) is 56.2 Å². The van der Waals surface area contributed by atoms with Gasteiger partial charge in [0.2, 0.25) is 0 Å². The van der Waals surface area contributed by atoms with E-state index in [0.717, 1.165) is 31.8 Å². The van der Waals surface area contributed by atoms with Crippen molar-refractivity contribution < 1.29 is 0 Å². The van der Waals surface area contributed by atoms with Gasteiger partial charge in [0.1, 0.15) is 5.65 Å². The number of nitrogens with one attached hydrogen (secondary N) is 1. The number of nitrogens with zero attached hydrogens (tertiary/aromatic N) is 3. The van der Waals surface area contributed by atoms with E-state index in [1.807, 2.05) is 0 Å². The van der Waals surface area contributed by atoms with Gasteiger partial charge in [0.25, 0.3) is 0 Å². The van der Waals surface area contributed by atoms with E-state index in [1.54, 1.807) is 0 Å². The van der Waals surface area contributed by atoms with Crippen LogP contribution in [0.2, 0.25) is 0 Å². The highest BCUT2D eigenvalue weighted by atomic mass is 15.2. The van der Waals surface area contributed by atoms with E-state index in [9.17, 15) is 0 Å². The van der Waals surface area contributed by atoms with Crippen molar-refractivity contribution in [1.29, 1.82) is 0 Å². The molecule has 0 aromatic carbocycles. The van der Waals surface area contributed by atoms with Crippen LogP contribution in [0.5, 0.6) is 0 Å². The van der Waals surface area contributed by atoms with Crippen molar-refractivity contribution in [2.45, 2.75) is 31.6 Å². The Kier molecular flexibility index (Phi) is 3.11. The first-order valence-electron chi connectivity index (χ1n) is 7.84. The van der Waals surface area contributed by atoms with Gasteiger partial charge < -0.3 is 14.6 Å².